The first-order chi connectivity index (χ1) is 28.2. The average molecular weight is 766 g/mol. The summed E-state index contributed by atoms with van der Waals surface area (Å²) in [5.41, 5.74) is 8.43. The van der Waals surface area contributed by atoms with Gasteiger partial charge in [-0.15, -0.1) is 22.7 Å². The Balaban J connectivity index is 1.08. The zero-order valence-corrected chi connectivity index (χ0v) is 31.7. The van der Waals surface area contributed by atoms with Crippen molar-refractivity contribution in [2.45, 2.75) is 0 Å². The lowest BCUT2D eigenvalue weighted by Gasteiger charge is -2.10. The van der Waals surface area contributed by atoms with Crippen LogP contribution in [0.5, 0.6) is 0 Å². The van der Waals surface area contributed by atoms with Crippen molar-refractivity contribution in [1.82, 2.24) is 24.9 Å². The number of aromatic nitrogens is 5. The lowest BCUT2D eigenvalue weighted by atomic mass is 10.0. The molecule has 0 spiro atoms. The van der Waals surface area contributed by atoms with Crippen LogP contribution in [0.4, 0.5) is 0 Å². The molecule has 0 N–H and O–H groups in total. The molecular formula is C49H27N5OS2. The second kappa shape index (κ2) is 12.7. The Morgan fingerprint density at radius 3 is 1.84 bits per heavy atom. The van der Waals surface area contributed by atoms with Crippen molar-refractivity contribution in [3.8, 4) is 56.8 Å². The van der Waals surface area contributed by atoms with Crippen LogP contribution in [0.2, 0.25) is 0 Å². The molecule has 0 unspecified atom stereocenters. The summed E-state index contributed by atoms with van der Waals surface area (Å²) in [5.74, 6) is 2.53. The van der Waals surface area contributed by atoms with E-state index in [1.165, 1.54) is 4.70 Å². The van der Waals surface area contributed by atoms with Gasteiger partial charge >= 0.3 is 0 Å². The highest BCUT2D eigenvalue weighted by molar-refractivity contribution is 7.26. The van der Waals surface area contributed by atoms with Crippen LogP contribution < -0.4 is 0 Å². The van der Waals surface area contributed by atoms with Crippen LogP contribution in [0.15, 0.2) is 168 Å². The van der Waals surface area contributed by atoms with Crippen molar-refractivity contribution in [2.75, 3.05) is 0 Å². The number of hydrogen-bond donors (Lipinski definition) is 0. The summed E-state index contributed by atoms with van der Waals surface area (Å²) in [6.45, 7) is 0. The Kier molecular flexibility index (Phi) is 7.17. The molecule has 0 amide bonds. The number of benzene rings is 7. The van der Waals surface area contributed by atoms with Gasteiger partial charge in [-0.25, -0.2) is 24.9 Å². The van der Waals surface area contributed by atoms with Crippen molar-refractivity contribution in [1.29, 1.82) is 0 Å². The van der Waals surface area contributed by atoms with E-state index < -0.39 is 0 Å². The van der Waals surface area contributed by atoms with E-state index in [2.05, 4.69) is 97.1 Å². The van der Waals surface area contributed by atoms with E-state index >= 15 is 0 Å². The van der Waals surface area contributed by atoms with Crippen LogP contribution in [0.1, 0.15) is 0 Å². The number of hydrogen-bond acceptors (Lipinski definition) is 8. The molecule has 57 heavy (non-hydrogen) atoms. The normalized spacial score (nSPS) is 11.9. The number of thiophene rings is 2. The smallest absolute Gasteiger partial charge is 0.164 e. The Bertz CT molecular complexity index is 3540. The number of fused-ring (bicyclic) bond motifs is 9. The fourth-order valence-corrected chi connectivity index (χ4v) is 10.3. The largest absolute Gasteiger partial charge is 0.456 e. The van der Waals surface area contributed by atoms with Crippen molar-refractivity contribution in [3.05, 3.63) is 164 Å². The Morgan fingerprint density at radius 2 is 0.982 bits per heavy atom. The van der Waals surface area contributed by atoms with Gasteiger partial charge in [-0.3, -0.25) is 0 Å². The molecule has 0 aliphatic rings. The molecular weight excluding hydrogens is 739 g/mol. The molecule has 0 radical (unpaired) electrons. The highest BCUT2D eigenvalue weighted by Crippen LogP contribution is 2.45. The number of nitrogens with zero attached hydrogens (tertiary/aromatic N) is 5. The van der Waals surface area contributed by atoms with E-state index in [4.69, 9.17) is 29.3 Å². The number of rotatable bonds is 5. The first-order valence-electron chi connectivity index (χ1n) is 18.7. The van der Waals surface area contributed by atoms with Gasteiger partial charge in [-0.2, -0.15) is 0 Å². The minimum Gasteiger partial charge on any atom is -0.456 e. The molecule has 6 nitrogen and oxygen atoms in total. The predicted molar refractivity (Wildman–Crippen MR) is 236 cm³/mol. The van der Waals surface area contributed by atoms with Crippen LogP contribution in [0.25, 0.3) is 119 Å². The summed E-state index contributed by atoms with van der Waals surface area (Å²) in [6.07, 6.45) is 0. The van der Waals surface area contributed by atoms with Gasteiger partial charge in [0.15, 0.2) is 23.3 Å². The zero-order valence-electron chi connectivity index (χ0n) is 30.0. The van der Waals surface area contributed by atoms with Crippen LogP contribution in [0.3, 0.4) is 0 Å². The van der Waals surface area contributed by atoms with Gasteiger partial charge < -0.3 is 4.42 Å². The number of furan rings is 1. The van der Waals surface area contributed by atoms with E-state index in [0.29, 0.717) is 23.3 Å². The average Bonchev–Trinajstić information content (AvgIpc) is 3.98. The summed E-state index contributed by atoms with van der Waals surface area (Å²) in [5, 5.41) is 5.43. The molecule has 5 heterocycles. The summed E-state index contributed by atoms with van der Waals surface area (Å²) in [4.78, 5) is 26.1. The lowest BCUT2D eigenvalue weighted by Crippen LogP contribution is -2.00. The molecule has 0 bridgehead atoms. The van der Waals surface area contributed by atoms with Gasteiger partial charge in [0, 0.05) is 68.8 Å². The molecule has 0 aliphatic heterocycles. The van der Waals surface area contributed by atoms with Gasteiger partial charge in [0.05, 0.1) is 15.9 Å². The first kappa shape index (κ1) is 32.1. The maximum Gasteiger partial charge on any atom is 0.164 e. The highest BCUT2D eigenvalue weighted by Gasteiger charge is 2.22. The quantitative estimate of drug-likeness (QED) is 0.174. The first-order valence-corrected chi connectivity index (χ1v) is 20.3. The Hall–Kier alpha value is -7.13. The molecule has 12 rings (SSSR count). The van der Waals surface area contributed by atoms with E-state index in [1.807, 2.05) is 66.7 Å². The maximum absolute atomic E-state index is 6.16. The third kappa shape index (κ3) is 5.19. The molecule has 0 saturated carbocycles. The van der Waals surface area contributed by atoms with Gasteiger partial charge in [0.2, 0.25) is 0 Å². The highest BCUT2D eigenvalue weighted by atomic mass is 32.1. The van der Waals surface area contributed by atoms with Crippen molar-refractivity contribution in [3.63, 3.8) is 0 Å². The third-order valence-electron chi connectivity index (χ3n) is 10.6. The van der Waals surface area contributed by atoms with Crippen molar-refractivity contribution >= 4 is 85.1 Å². The summed E-state index contributed by atoms with van der Waals surface area (Å²) in [7, 11) is 0. The molecule has 0 fully saturated rings. The second-order valence-electron chi connectivity index (χ2n) is 14.0. The van der Waals surface area contributed by atoms with E-state index in [1.54, 1.807) is 22.7 Å². The molecule has 12 aromatic rings. The van der Waals surface area contributed by atoms with Gasteiger partial charge in [-0.1, -0.05) is 121 Å². The van der Waals surface area contributed by atoms with E-state index in [0.717, 1.165) is 91.2 Å². The van der Waals surface area contributed by atoms with Crippen LogP contribution >= 0.6 is 22.7 Å². The van der Waals surface area contributed by atoms with Crippen LogP contribution in [-0.2, 0) is 0 Å². The zero-order chi connectivity index (χ0) is 37.5. The molecule has 0 atom stereocenters. The van der Waals surface area contributed by atoms with Crippen LogP contribution in [-0.4, -0.2) is 24.9 Å². The summed E-state index contributed by atoms with van der Waals surface area (Å²) >= 11 is 3.50. The summed E-state index contributed by atoms with van der Waals surface area (Å²) in [6, 6.07) is 56.2. The molecule has 0 aliphatic carbocycles. The minimum absolute atomic E-state index is 0.599. The monoisotopic (exact) mass is 765 g/mol. The fraction of sp³-hybridized carbons (Fsp3) is 0. The Morgan fingerprint density at radius 1 is 0.368 bits per heavy atom. The minimum atomic E-state index is 0.599. The van der Waals surface area contributed by atoms with Crippen LogP contribution in [0, 0.1) is 0 Å². The topological polar surface area (TPSA) is 77.6 Å². The van der Waals surface area contributed by atoms with E-state index in [9.17, 15) is 0 Å². The predicted octanol–water partition coefficient (Wildman–Crippen LogP) is 13.6. The molecule has 7 aromatic carbocycles. The maximum atomic E-state index is 6.16. The molecule has 266 valence electrons. The number of para-hydroxylation sites is 1. The lowest BCUT2D eigenvalue weighted by molar-refractivity contribution is 0.669. The molecule has 8 heteroatoms. The standard InChI is InChI=1S/C49H27N5OS2/c1-3-13-28(14-4-1)42-45-43(32-18-8-10-23-39(32)56-45)51-49(50-42)35-21-11-19-33-41-34(20-12-24-40(41)57-44(33)35)48-53-46(29-15-5-2-6-16-29)52-47(54-48)30-25-26-38-36(27-30)31-17-7-9-22-37(31)55-38/h1-27H. The molecule has 0 saturated heterocycles. The van der Waals surface area contributed by atoms with Gasteiger partial charge in [-0.05, 0) is 42.5 Å². The SMILES string of the molecule is c1ccc(-c2nc(-c3ccc4oc5ccccc5c4c3)nc(-c3cccc4sc5c(-c6nc(-c7ccccc7)c7sc8ccccc8c7n6)cccc5c34)n2)cc1. The van der Waals surface area contributed by atoms with Gasteiger partial charge in [0.1, 0.15) is 11.2 Å². The third-order valence-corrected chi connectivity index (χ3v) is 12.9. The molecule has 5 aromatic heterocycles. The van der Waals surface area contributed by atoms with Gasteiger partial charge in [0.25, 0.3) is 0 Å². The van der Waals surface area contributed by atoms with Crippen molar-refractivity contribution in [2.24, 2.45) is 0 Å². The van der Waals surface area contributed by atoms with Crippen molar-refractivity contribution < 1.29 is 4.42 Å². The Labute approximate surface area is 333 Å². The second-order valence-corrected chi connectivity index (χ2v) is 16.1. The summed E-state index contributed by atoms with van der Waals surface area (Å²) < 4.78 is 10.7. The fourth-order valence-electron chi connectivity index (χ4n) is 7.92. The van der Waals surface area contributed by atoms with E-state index in [-0.39, 0.29) is 0 Å².